The number of fused-ring (bicyclic) bond motifs is 1. The number of carboxylic acid groups (broad SMARTS) is 2. The van der Waals surface area contributed by atoms with E-state index in [9.17, 15) is 23.6 Å². The predicted octanol–water partition coefficient (Wildman–Crippen LogP) is 4.37. The van der Waals surface area contributed by atoms with Gasteiger partial charge in [0.15, 0.2) is 10.8 Å². The van der Waals surface area contributed by atoms with Gasteiger partial charge in [-0.25, -0.2) is 14.0 Å². The molecule has 188 valence electrons. The molecule has 1 aromatic heterocycles. The SMILES string of the molecule is CC(=O)Oc1cc2c(s1)CCN(CCCC(=O)C(Br)c1ccccc1F)C2.O=C(O)/C=C\C(=O)O. The number of halogens is 2. The van der Waals surface area contributed by atoms with Crippen LogP contribution in [0.25, 0.3) is 0 Å². The number of ether oxygens (including phenoxy) is 1. The molecule has 35 heavy (non-hydrogen) atoms. The second kappa shape index (κ2) is 13.9. The Morgan fingerprint density at radius 2 is 1.86 bits per heavy atom. The molecular weight excluding hydrogens is 545 g/mol. The van der Waals surface area contributed by atoms with Crippen molar-refractivity contribution >= 4 is 51.0 Å². The summed E-state index contributed by atoms with van der Waals surface area (Å²) in [6.07, 6.45) is 3.16. The van der Waals surface area contributed by atoms with E-state index in [0.717, 1.165) is 32.5 Å². The number of carbonyl (C=O) groups excluding carboxylic acids is 2. The van der Waals surface area contributed by atoms with E-state index in [2.05, 4.69) is 20.8 Å². The second-order valence-corrected chi connectivity index (χ2v) is 9.61. The Morgan fingerprint density at radius 1 is 1.20 bits per heavy atom. The van der Waals surface area contributed by atoms with Gasteiger partial charge in [0.1, 0.15) is 10.6 Å². The summed E-state index contributed by atoms with van der Waals surface area (Å²) >= 11 is 4.86. The Morgan fingerprint density at radius 3 is 2.46 bits per heavy atom. The van der Waals surface area contributed by atoms with Crippen LogP contribution in [-0.4, -0.2) is 51.9 Å². The minimum absolute atomic E-state index is 0.00882. The van der Waals surface area contributed by atoms with Gasteiger partial charge in [-0.1, -0.05) is 34.1 Å². The molecule has 0 fully saturated rings. The van der Waals surface area contributed by atoms with Crippen molar-refractivity contribution in [1.29, 1.82) is 0 Å². The van der Waals surface area contributed by atoms with Crippen LogP contribution in [0, 0.1) is 5.82 Å². The summed E-state index contributed by atoms with van der Waals surface area (Å²) in [5.74, 6) is -3.19. The van der Waals surface area contributed by atoms with Crippen molar-refractivity contribution in [3.05, 3.63) is 64.3 Å². The maximum Gasteiger partial charge on any atom is 0.328 e. The molecule has 0 saturated carbocycles. The highest BCUT2D eigenvalue weighted by Crippen LogP contribution is 2.33. The summed E-state index contributed by atoms with van der Waals surface area (Å²) in [6.45, 7) is 3.93. The molecule has 2 heterocycles. The lowest BCUT2D eigenvalue weighted by atomic mass is 10.0. The lowest BCUT2D eigenvalue weighted by Crippen LogP contribution is -2.30. The number of nitrogens with zero attached hydrogens (tertiary/aromatic N) is 1. The first-order chi connectivity index (χ1) is 16.6. The number of hydrogen-bond acceptors (Lipinski definition) is 7. The van der Waals surface area contributed by atoms with Crippen LogP contribution in [0.15, 0.2) is 42.5 Å². The average molecular weight is 570 g/mol. The number of benzene rings is 1. The van der Waals surface area contributed by atoms with E-state index >= 15 is 0 Å². The number of esters is 1. The van der Waals surface area contributed by atoms with Crippen LogP contribution in [0.2, 0.25) is 0 Å². The standard InChI is InChI=1S/C20H21BrFNO3S.C4H4O4/c1-13(24)26-19-11-14-12-23(10-8-18(14)27-19)9-4-7-17(25)20(21)15-5-2-3-6-16(15)22;5-3(6)1-2-4(7)8/h2-3,5-6,11,20H,4,7-10,12H2,1H3;1-2H,(H,5,6)(H,7,8)/b;2-1-. The highest BCUT2D eigenvalue weighted by atomic mass is 79.9. The van der Waals surface area contributed by atoms with Crippen LogP contribution in [0.3, 0.4) is 0 Å². The molecule has 2 aromatic rings. The third kappa shape index (κ3) is 9.71. The fourth-order valence-electron chi connectivity index (χ4n) is 3.35. The van der Waals surface area contributed by atoms with Gasteiger partial charge in [0.2, 0.25) is 0 Å². The third-order valence-electron chi connectivity index (χ3n) is 4.89. The van der Waals surface area contributed by atoms with E-state index < -0.39 is 16.8 Å². The van der Waals surface area contributed by atoms with E-state index in [1.807, 2.05) is 6.07 Å². The quantitative estimate of drug-likeness (QED) is 0.259. The molecule has 2 N–H and O–H groups in total. The Balaban J connectivity index is 0.000000466. The van der Waals surface area contributed by atoms with E-state index in [0.29, 0.717) is 29.2 Å². The summed E-state index contributed by atoms with van der Waals surface area (Å²) in [5, 5.41) is 16.3. The third-order valence-corrected chi connectivity index (χ3v) is 7.01. The van der Waals surface area contributed by atoms with Crippen molar-refractivity contribution in [2.24, 2.45) is 0 Å². The highest BCUT2D eigenvalue weighted by Gasteiger charge is 2.22. The van der Waals surface area contributed by atoms with Gasteiger partial charge in [-0.3, -0.25) is 14.5 Å². The largest absolute Gasteiger partial charge is 0.478 e. The summed E-state index contributed by atoms with van der Waals surface area (Å²) in [5.41, 5.74) is 1.58. The Labute approximate surface area is 214 Å². The molecule has 0 bridgehead atoms. The summed E-state index contributed by atoms with van der Waals surface area (Å²) in [7, 11) is 0. The molecule has 1 unspecified atom stereocenters. The van der Waals surface area contributed by atoms with Gasteiger partial charge in [-0.15, -0.1) is 11.3 Å². The van der Waals surface area contributed by atoms with Crippen molar-refractivity contribution in [3.63, 3.8) is 0 Å². The smallest absolute Gasteiger partial charge is 0.328 e. The molecule has 0 aliphatic carbocycles. The average Bonchev–Trinajstić information content (AvgIpc) is 3.18. The van der Waals surface area contributed by atoms with E-state index in [1.54, 1.807) is 18.2 Å². The zero-order valence-corrected chi connectivity index (χ0v) is 21.3. The van der Waals surface area contributed by atoms with E-state index in [1.165, 1.54) is 34.8 Å². The fourth-order valence-corrected chi connectivity index (χ4v) is 5.00. The normalized spacial score (nSPS) is 13.9. The van der Waals surface area contributed by atoms with Crippen molar-refractivity contribution in [1.82, 2.24) is 4.90 Å². The first kappa shape index (κ1) is 28.3. The van der Waals surface area contributed by atoms with Crippen LogP contribution in [-0.2, 0) is 32.1 Å². The first-order valence-corrected chi connectivity index (χ1v) is 12.4. The lowest BCUT2D eigenvalue weighted by molar-refractivity contribution is -0.134. The molecule has 8 nitrogen and oxygen atoms in total. The molecule has 0 spiro atoms. The van der Waals surface area contributed by atoms with Gasteiger partial charge in [0.05, 0.1) is 0 Å². The Hall–Kier alpha value is -2.89. The molecule has 0 amide bonds. The zero-order chi connectivity index (χ0) is 26.0. The Kier molecular flexibility index (Phi) is 11.2. The number of thiophene rings is 1. The molecule has 1 aliphatic rings. The molecule has 1 atom stereocenters. The molecule has 1 aliphatic heterocycles. The Bertz CT molecular complexity index is 1090. The summed E-state index contributed by atoms with van der Waals surface area (Å²) in [6, 6.07) is 8.29. The number of carbonyl (C=O) groups is 4. The first-order valence-electron chi connectivity index (χ1n) is 10.6. The van der Waals surface area contributed by atoms with Crippen molar-refractivity contribution < 1.29 is 38.5 Å². The van der Waals surface area contributed by atoms with Crippen molar-refractivity contribution in [3.8, 4) is 5.06 Å². The molecular formula is C24H25BrFNO7S. The highest BCUT2D eigenvalue weighted by molar-refractivity contribution is 9.09. The number of carboxylic acids is 2. The maximum atomic E-state index is 13.8. The summed E-state index contributed by atoms with van der Waals surface area (Å²) in [4.78, 5) is 45.5. The lowest BCUT2D eigenvalue weighted by Gasteiger charge is -2.26. The van der Waals surface area contributed by atoms with Crippen molar-refractivity contribution in [2.75, 3.05) is 13.1 Å². The second-order valence-electron chi connectivity index (χ2n) is 7.60. The van der Waals surface area contributed by atoms with Crippen LogP contribution < -0.4 is 4.74 Å². The maximum absolute atomic E-state index is 13.8. The topological polar surface area (TPSA) is 121 Å². The van der Waals surface area contributed by atoms with Gasteiger partial charge in [-0.05, 0) is 37.1 Å². The van der Waals surface area contributed by atoms with Gasteiger partial charge < -0.3 is 14.9 Å². The molecule has 1 aromatic carbocycles. The minimum Gasteiger partial charge on any atom is -0.478 e. The molecule has 0 radical (unpaired) electrons. The summed E-state index contributed by atoms with van der Waals surface area (Å²) < 4.78 is 19.0. The van der Waals surface area contributed by atoms with Crippen molar-refractivity contribution in [2.45, 2.75) is 37.6 Å². The number of alkyl halides is 1. The zero-order valence-electron chi connectivity index (χ0n) is 18.9. The van der Waals surface area contributed by atoms with E-state index in [-0.39, 0.29) is 17.6 Å². The van der Waals surface area contributed by atoms with Gasteiger partial charge in [0, 0.05) is 49.0 Å². The van der Waals surface area contributed by atoms with Gasteiger partial charge >= 0.3 is 17.9 Å². The number of rotatable bonds is 9. The van der Waals surface area contributed by atoms with Gasteiger partial charge in [-0.2, -0.15) is 0 Å². The molecule has 0 saturated heterocycles. The van der Waals surface area contributed by atoms with Crippen LogP contribution >= 0.6 is 27.3 Å². The number of aliphatic carboxylic acids is 2. The van der Waals surface area contributed by atoms with Crippen LogP contribution in [0.1, 0.15) is 40.6 Å². The predicted molar refractivity (Wildman–Crippen MR) is 131 cm³/mol. The van der Waals surface area contributed by atoms with Gasteiger partial charge in [0.25, 0.3) is 0 Å². The van der Waals surface area contributed by atoms with Crippen LogP contribution in [0.4, 0.5) is 4.39 Å². The van der Waals surface area contributed by atoms with Crippen LogP contribution in [0.5, 0.6) is 5.06 Å². The minimum atomic E-state index is -1.26. The molecule has 11 heteroatoms. The van der Waals surface area contributed by atoms with E-state index in [4.69, 9.17) is 14.9 Å². The fraction of sp³-hybridized carbons (Fsp3) is 0.333. The molecule has 3 rings (SSSR count). The number of ketones is 1. The number of hydrogen-bond donors (Lipinski definition) is 2. The monoisotopic (exact) mass is 569 g/mol. The number of Topliss-reactive ketones (excluding diaryl/α,β-unsaturated/α-hetero) is 1.